The molecule has 150 valence electrons. The molecule has 0 saturated carbocycles. The van der Waals surface area contributed by atoms with Gasteiger partial charge in [0.2, 0.25) is 5.91 Å². The molecule has 0 unspecified atom stereocenters. The van der Waals surface area contributed by atoms with Crippen molar-refractivity contribution in [1.82, 2.24) is 19.7 Å². The van der Waals surface area contributed by atoms with E-state index in [1.54, 1.807) is 23.0 Å². The molecule has 0 aliphatic rings. The molecule has 1 amide bonds. The molecular formula is C19H13FN6O3S. The van der Waals surface area contributed by atoms with E-state index in [9.17, 15) is 19.3 Å². The Bertz CT molecular complexity index is 1280. The van der Waals surface area contributed by atoms with Crippen LogP contribution in [0.1, 0.15) is 15.9 Å². The molecule has 4 aromatic rings. The highest BCUT2D eigenvalue weighted by atomic mass is 32.2. The Labute approximate surface area is 172 Å². The van der Waals surface area contributed by atoms with Crippen LogP contribution in [0.15, 0.2) is 60.0 Å². The van der Waals surface area contributed by atoms with Crippen molar-refractivity contribution in [2.24, 2.45) is 5.73 Å². The van der Waals surface area contributed by atoms with Gasteiger partial charge in [-0.25, -0.2) is 19.0 Å². The Kier molecular flexibility index (Phi) is 5.11. The largest absolute Gasteiger partial charge is 0.366 e. The van der Waals surface area contributed by atoms with Gasteiger partial charge >= 0.3 is 0 Å². The Morgan fingerprint density at radius 3 is 2.67 bits per heavy atom. The Balaban J connectivity index is 1.65. The molecular weight excluding hydrogens is 411 g/mol. The third-order valence-electron chi connectivity index (χ3n) is 4.33. The van der Waals surface area contributed by atoms with Crippen molar-refractivity contribution in [2.75, 3.05) is 0 Å². The SMILES string of the molecule is NC(=O)c1ccc(CSc2ncnc3c2cnn3-c2ccc(F)cc2)c([N+](=O)[O-])c1. The first-order valence-corrected chi connectivity index (χ1v) is 9.57. The molecule has 9 nitrogen and oxygen atoms in total. The maximum atomic E-state index is 13.2. The number of hydrogen-bond donors (Lipinski definition) is 1. The first-order valence-electron chi connectivity index (χ1n) is 8.58. The second-order valence-electron chi connectivity index (χ2n) is 6.20. The molecule has 2 aromatic heterocycles. The summed E-state index contributed by atoms with van der Waals surface area (Å²) in [6.45, 7) is 0. The highest BCUT2D eigenvalue weighted by Crippen LogP contribution is 2.31. The van der Waals surface area contributed by atoms with E-state index in [-0.39, 0.29) is 22.8 Å². The molecule has 2 N–H and O–H groups in total. The molecule has 0 fully saturated rings. The number of nitrogens with zero attached hydrogens (tertiary/aromatic N) is 5. The van der Waals surface area contributed by atoms with Gasteiger partial charge < -0.3 is 5.73 Å². The van der Waals surface area contributed by atoms with Crippen molar-refractivity contribution in [2.45, 2.75) is 10.8 Å². The number of nitro benzene ring substituents is 1. The molecule has 0 radical (unpaired) electrons. The summed E-state index contributed by atoms with van der Waals surface area (Å²) in [4.78, 5) is 30.6. The minimum Gasteiger partial charge on any atom is -0.366 e. The number of benzene rings is 2. The topological polar surface area (TPSA) is 130 Å². The zero-order valence-electron chi connectivity index (χ0n) is 15.2. The number of nitro groups is 1. The normalized spacial score (nSPS) is 11.0. The van der Waals surface area contributed by atoms with Crippen molar-refractivity contribution in [3.05, 3.63) is 82.0 Å². The van der Waals surface area contributed by atoms with Crippen LogP contribution in [0.25, 0.3) is 16.7 Å². The van der Waals surface area contributed by atoms with Gasteiger partial charge in [-0.15, -0.1) is 11.8 Å². The fourth-order valence-corrected chi connectivity index (χ4v) is 3.82. The van der Waals surface area contributed by atoms with E-state index in [2.05, 4.69) is 15.1 Å². The highest BCUT2D eigenvalue weighted by molar-refractivity contribution is 7.98. The van der Waals surface area contributed by atoms with Crippen LogP contribution < -0.4 is 5.73 Å². The molecule has 0 aliphatic carbocycles. The lowest BCUT2D eigenvalue weighted by molar-refractivity contribution is -0.385. The molecule has 0 bridgehead atoms. The van der Waals surface area contributed by atoms with Gasteiger partial charge in [0, 0.05) is 22.9 Å². The number of fused-ring (bicyclic) bond motifs is 1. The van der Waals surface area contributed by atoms with E-state index in [0.717, 1.165) is 0 Å². The summed E-state index contributed by atoms with van der Waals surface area (Å²) >= 11 is 1.27. The monoisotopic (exact) mass is 424 g/mol. The number of nitrogens with two attached hydrogens (primary N) is 1. The van der Waals surface area contributed by atoms with Gasteiger partial charge in [0.25, 0.3) is 5.69 Å². The van der Waals surface area contributed by atoms with Crippen LogP contribution in [0, 0.1) is 15.9 Å². The van der Waals surface area contributed by atoms with Gasteiger partial charge in [0.15, 0.2) is 5.65 Å². The predicted octanol–water partition coefficient (Wildman–Crippen LogP) is 3.25. The number of halogens is 1. The molecule has 4 rings (SSSR count). The fourth-order valence-electron chi connectivity index (χ4n) is 2.86. The van der Waals surface area contributed by atoms with Gasteiger partial charge in [0.05, 0.1) is 22.2 Å². The lowest BCUT2D eigenvalue weighted by Gasteiger charge is -2.06. The molecule has 30 heavy (non-hydrogen) atoms. The van der Waals surface area contributed by atoms with Crippen molar-refractivity contribution >= 4 is 34.4 Å². The standard InChI is InChI=1S/C19H13FN6O3S/c20-13-3-5-14(6-4-13)25-18-15(8-24-25)19(23-10-22-18)30-9-12-2-1-11(17(21)27)7-16(12)26(28)29/h1-8,10H,9H2,(H2,21,27). The molecule has 2 heterocycles. The molecule has 0 saturated heterocycles. The molecule has 0 aliphatic heterocycles. The first-order chi connectivity index (χ1) is 14.4. The second kappa shape index (κ2) is 7.87. The summed E-state index contributed by atoms with van der Waals surface area (Å²) in [5.41, 5.74) is 6.67. The zero-order chi connectivity index (χ0) is 21.3. The quantitative estimate of drug-likeness (QED) is 0.218. The Hall–Kier alpha value is -3.86. The number of thioether (sulfide) groups is 1. The third kappa shape index (κ3) is 3.70. The van der Waals surface area contributed by atoms with Crippen molar-refractivity contribution in [3.8, 4) is 5.69 Å². The van der Waals surface area contributed by atoms with Crippen LogP contribution in [0.5, 0.6) is 0 Å². The molecule has 0 atom stereocenters. The Morgan fingerprint density at radius 2 is 1.97 bits per heavy atom. The molecule has 2 aromatic carbocycles. The van der Waals surface area contributed by atoms with E-state index >= 15 is 0 Å². The number of carbonyl (C=O) groups excluding carboxylic acids is 1. The number of amides is 1. The minimum absolute atomic E-state index is 0.0699. The van der Waals surface area contributed by atoms with Gasteiger partial charge in [-0.3, -0.25) is 14.9 Å². The van der Waals surface area contributed by atoms with Crippen LogP contribution in [-0.2, 0) is 5.75 Å². The van der Waals surface area contributed by atoms with Crippen LogP contribution in [0.3, 0.4) is 0 Å². The minimum atomic E-state index is -0.733. The van der Waals surface area contributed by atoms with E-state index in [1.807, 2.05) is 0 Å². The first kappa shape index (κ1) is 19.5. The fraction of sp³-hybridized carbons (Fsp3) is 0.0526. The zero-order valence-corrected chi connectivity index (χ0v) is 16.0. The van der Waals surface area contributed by atoms with E-state index in [0.29, 0.717) is 27.3 Å². The smallest absolute Gasteiger partial charge is 0.274 e. The number of hydrogen-bond acceptors (Lipinski definition) is 7. The number of primary amides is 1. The van der Waals surface area contributed by atoms with Crippen molar-refractivity contribution in [3.63, 3.8) is 0 Å². The number of aromatic nitrogens is 4. The summed E-state index contributed by atoms with van der Waals surface area (Å²) in [6, 6.07) is 9.95. The lowest BCUT2D eigenvalue weighted by Crippen LogP contribution is -2.11. The molecule has 11 heteroatoms. The summed E-state index contributed by atoms with van der Waals surface area (Å²) in [5, 5.41) is 16.9. The van der Waals surface area contributed by atoms with Gasteiger partial charge in [-0.1, -0.05) is 6.07 Å². The van der Waals surface area contributed by atoms with E-state index < -0.39 is 10.8 Å². The number of carbonyl (C=O) groups is 1. The average Bonchev–Trinajstić information content (AvgIpc) is 3.17. The summed E-state index contributed by atoms with van der Waals surface area (Å²) < 4.78 is 14.8. The molecule has 0 spiro atoms. The third-order valence-corrected chi connectivity index (χ3v) is 5.39. The van der Waals surface area contributed by atoms with Crippen LogP contribution in [0.2, 0.25) is 0 Å². The van der Waals surface area contributed by atoms with Crippen LogP contribution in [0.4, 0.5) is 10.1 Å². The summed E-state index contributed by atoms with van der Waals surface area (Å²) in [7, 11) is 0. The summed E-state index contributed by atoms with van der Waals surface area (Å²) in [5.74, 6) is -0.850. The Morgan fingerprint density at radius 1 is 1.20 bits per heavy atom. The van der Waals surface area contributed by atoms with E-state index in [1.165, 1.54) is 48.4 Å². The maximum Gasteiger partial charge on any atom is 0.274 e. The average molecular weight is 424 g/mol. The second-order valence-corrected chi connectivity index (χ2v) is 7.17. The van der Waals surface area contributed by atoms with E-state index in [4.69, 9.17) is 5.73 Å². The van der Waals surface area contributed by atoms with Crippen LogP contribution >= 0.6 is 11.8 Å². The van der Waals surface area contributed by atoms with Crippen LogP contribution in [-0.4, -0.2) is 30.6 Å². The van der Waals surface area contributed by atoms with Crippen molar-refractivity contribution < 1.29 is 14.1 Å². The van der Waals surface area contributed by atoms with Gasteiger partial charge in [-0.05, 0) is 30.3 Å². The lowest BCUT2D eigenvalue weighted by atomic mass is 10.1. The van der Waals surface area contributed by atoms with Gasteiger partial charge in [0.1, 0.15) is 17.2 Å². The van der Waals surface area contributed by atoms with Crippen molar-refractivity contribution in [1.29, 1.82) is 0 Å². The highest BCUT2D eigenvalue weighted by Gasteiger charge is 2.18. The summed E-state index contributed by atoms with van der Waals surface area (Å²) in [6.07, 6.45) is 2.96. The maximum absolute atomic E-state index is 13.2. The number of rotatable bonds is 6. The van der Waals surface area contributed by atoms with Gasteiger partial charge in [-0.2, -0.15) is 5.10 Å². The predicted molar refractivity (Wildman–Crippen MR) is 108 cm³/mol.